The number of nitro benzene ring substituents is 2. The molecule has 0 aromatic heterocycles. The summed E-state index contributed by atoms with van der Waals surface area (Å²) in [5, 5.41) is 35.8. The van der Waals surface area contributed by atoms with Crippen LogP contribution < -0.4 is 5.43 Å². The van der Waals surface area contributed by atoms with Crippen LogP contribution in [0.4, 0.5) is 17.1 Å². The maximum atomic E-state index is 11.1. The van der Waals surface area contributed by atoms with Crippen molar-refractivity contribution < 1.29 is 15.0 Å². The van der Waals surface area contributed by atoms with E-state index in [0.29, 0.717) is 17.7 Å². The average Bonchev–Trinajstić information content (AvgIpc) is 2.56. The summed E-state index contributed by atoms with van der Waals surface area (Å²) in [4.78, 5) is 20.4. The Kier molecular flexibility index (Phi) is 5.05. The highest BCUT2D eigenvalue weighted by molar-refractivity contribution is 6.03. The Morgan fingerprint density at radius 3 is 2.46 bits per heavy atom. The fourth-order valence-electron chi connectivity index (χ4n) is 2.05. The maximum Gasteiger partial charge on any atom is 0.301 e. The SMILES string of the molecule is CC/C(=N\Nc1ccc([N+](=O)[O-])cc1[N+](=O)[O-])c1ccccc1O. The molecule has 0 heterocycles. The Bertz CT molecular complexity index is 819. The molecule has 0 bridgehead atoms. The van der Waals surface area contributed by atoms with Gasteiger partial charge in [0.1, 0.15) is 11.4 Å². The highest BCUT2D eigenvalue weighted by Crippen LogP contribution is 2.29. The topological polar surface area (TPSA) is 131 Å². The molecule has 0 fully saturated rings. The summed E-state index contributed by atoms with van der Waals surface area (Å²) in [6, 6.07) is 9.81. The largest absolute Gasteiger partial charge is 0.507 e. The molecule has 2 aromatic rings. The second-order valence-electron chi connectivity index (χ2n) is 4.76. The smallest absolute Gasteiger partial charge is 0.301 e. The minimum atomic E-state index is -0.726. The second kappa shape index (κ2) is 7.18. The highest BCUT2D eigenvalue weighted by Gasteiger charge is 2.19. The van der Waals surface area contributed by atoms with Gasteiger partial charge < -0.3 is 5.11 Å². The lowest BCUT2D eigenvalue weighted by Crippen LogP contribution is -2.05. The predicted octanol–water partition coefficient (Wildman–Crippen LogP) is 3.43. The zero-order valence-electron chi connectivity index (χ0n) is 12.7. The van der Waals surface area contributed by atoms with Gasteiger partial charge >= 0.3 is 5.69 Å². The maximum absolute atomic E-state index is 11.1. The third-order valence-electron chi connectivity index (χ3n) is 3.25. The van der Waals surface area contributed by atoms with Crippen LogP contribution in [0.1, 0.15) is 18.9 Å². The lowest BCUT2D eigenvalue weighted by Gasteiger charge is -2.08. The number of para-hydroxylation sites is 1. The summed E-state index contributed by atoms with van der Waals surface area (Å²) in [7, 11) is 0. The number of hydrogen-bond acceptors (Lipinski definition) is 7. The molecule has 24 heavy (non-hydrogen) atoms. The fourth-order valence-corrected chi connectivity index (χ4v) is 2.05. The van der Waals surface area contributed by atoms with E-state index in [4.69, 9.17) is 0 Å². The Balaban J connectivity index is 2.38. The third kappa shape index (κ3) is 3.64. The number of aromatic hydroxyl groups is 1. The third-order valence-corrected chi connectivity index (χ3v) is 3.25. The summed E-state index contributed by atoms with van der Waals surface area (Å²) >= 11 is 0. The Morgan fingerprint density at radius 1 is 1.17 bits per heavy atom. The van der Waals surface area contributed by atoms with E-state index < -0.39 is 15.5 Å². The van der Waals surface area contributed by atoms with Crippen molar-refractivity contribution in [1.82, 2.24) is 0 Å². The van der Waals surface area contributed by atoms with E-state index in [0.717, 1.165) is 12.1 Å². The molecule has 0 spiro atoms. The standard InChI is InChI=1S/C15H14N4O5/c1-2-12(11-5-3-4-6-15(11)20)16-17-13-8-7-10(18(21)22)9-14(13)19(23)24/h3-9,17,20H,2H2,1H3/b16-12+. The molecular formula is C15H14N4O5. The first-order valence-corrected chi connectivity index (χ1v) is 6.97. The van der Waals surface area contributed by atoms with Gasteiger partial charge in [-0.15, -0.1) is 0 Å². The summed E-state index contributed by atoms with van der Waals surface area (Å²) < 4.78 is 0. The van der Waals surface area contributed by atoms with Gasteiger partial charge in [0, 0.05) is 11.6 Å². The molecule has 124 valence electrons. The number of phenolic OH excluding ortho intramolecular Hbond substituents is 1. The molecule has 2 rings (SSSR count). The molecule has 2 N–H and O–H groups in total. The molecule has 2 aromatic carbocycles. The van der Waals surface area contributed by atoms with E-state index in [9.17, 15) is 25.3 Å². The second-order valence-corrected chi connectivity index (χ2v) is 4.76. The summed E-state index contributed by atoms with van der Waals surface area (Å²) in [5.74, 6) is 0.0399. The lowest BCUT2D eigenvalue weighted by atomic mass is 10.1. The van der Waals surface area contributed by atoms with E-state index >= 15 is 0 Å². The van der Waals surface area contributed by atoms with E-state index in [1.165, 1.54) is 12.1 Å². The lowest BCUT2D eigenvalue weighted by molar-refractivity contribution is -0.393. The van der Waals surface area contributed by atoms with Crippen LogP contribution in [0.3, 0.4) is 0 Å². The van der Waals surface area contributed by atoms with Crippen molar-refractivity contribution in [3.05, 3.63) is 68.3 Å². The summed E-state index contributed by atoms with van der Waals surface area (Å²) in [6.07, 6.45) is 0.464. The number of nitro groups is 2. The molecule has 9 heteroatoms. The van der Waals surface area contributed by atoms with Gasteiger partial charge in [0.05, 0.1) is 21.6 Å². The molecule has 0 aliphatic heterocycles. The number of benzene rings is 2. The zero-order chi connectivity index (χ0) is 17.7. The average molecular weight is 330 g/mol. The number of nitrogens with zero attached hydrogens (tertiary/aromatic N) is 3. The van der Waals surface area contributed by atoms with Crippen LogP contribution in [0.5, 0.6) is 5.75 Å². The number of rotatable bonds is 6. The number of hydrazone groups is 1. The molecule has 0 saturated carbocycles. The van der Waals surface area contributed by atoms with Crippen LogP contribution in [0.2, 0.25) is 0 Å². The highest BCUT2D eigenvalue weighted by atomic mass is 16.6. The molecule has 0 aliphatic rings. The van der Waals surface area contributed by atoms with E-state index in [2.05, 4.69) is 10.5 Å². The fraction of sp³-hybridized carbons (Fsp3) is 0.133. The van der Waals surface area contributed by atoms with Crippen molar-refractivity contribution in [3.63, 3.8) is 0 Å². The van der Waals surface area contributed by atoms with Crippen molar-refractivity contribution in [3.8, 4) is 5.75 Å². The van der Waals surface area contributed by atoms with Crippen molar-refractivity contribution in [2.24, 2.45) is 5.10 Å². The first-order valence-electron chi connectivity index (χ1n) is 6.97. The Hall–Kier alpha value is -3.49. The van der Waals surface area contributed by atoms with E-state index in [-0.39, 0.29) is 17.1 Å². The first kappa shape index (κ1) is 16.9. The van der Waals surface area contributed by atoms with Crippen LogP contribution >= 0.6 is 0 Å². The van der Waals surface area contributed by atoms with Crippen molar-refractivity contribution in [1.29, 1.82) is 0 Å². The number of nitrogens with one attached hydrogen (secondary N) is 1. The van der Waals surface area contributed by atoms with E-state index in [1.54, 1.807) is 18.2 Å². The number of anilines is 1. The molecule has 0 aliphatic carbocycles. The van der Waals surface area contributed by atoms with Crippen LogP contribution in [0.25, 0.3) is 0 Å². The summed E-state index contributed by atoms with van der Waals surface area (Å²) in [6.45, 7) is 1.82. The van der Waals surface area contributed by atoms with Gasteiger partial charge in [-0.2, -0.15) is 5.10 Å². The molecule has 0 amide bonds. The zero-order valence-corrected chi connectivity index (χ0v) is 12.7. The normalized spacial score (nSPS) is 11.1. The number of non-ortho nitro benzene ring substituents is 1. The van der Waals surface area contributed by atoms with Gasteiger partial charge in [-0.3, -0.25) is 25.7 Å². The van der Waals surface area contributed by atoms with Crippen LogP contribution in [0, 0.1) is 20.2 Å². The first-order chi connectivity index (χ1) is 11.4. The predicted molar refractivity (Wildman–Crippen MR) is 88.3 cm³/mol. The van der Waals surface area contributed by atoms with Gasteiger partial charge in [-0.1, -0.05) is 19.1 Å². The summed E-state index contributed by atoms with van der Waals surface area (Å²) in [5.41, 5.74) is 2.71. The Morgan fingerprint density at radius 2 is 1.88 bits per heavy atom. The minimum Gasteiger partial charge on any atom is -0.507 e. The van der Waals surface area contributed by atoms with Gasteiger partial charge in [0.2, 0.25) is 0 Å². The molecule has 0 atom stereocenters. The Labute approximate surface area is 136 Å². The van der Waals surface area contributed by atoms with Crippen molar-refractivity contribution in [2.45, 2.75) is 13.3 Å². The molecule has 0 radical (unpaired) electrons. The molecule has 9 nitrogen and oxygen atoms in total. The van der Waals surface area contributed by atoms with Gasteiger partial charge in [-0.25, -0.2) is 0 Å². The van der Waals surface area contributed by atoms with Crippen LogP contribution in [0.15, 0.2) is 47.6 Å². The number of phenols is 1. The van der Waals surface area contributed by atoms with Crippen molar-refractivity contribution in [2.75, 3.05) is 5.43 Å². The van der Waals surface area contributed by atoms with Gasteiger partial charge in [0.15, 0.2) is 0 Å². The van der Waals surface area contributed by atoms with Crippen molar-refractivity contribution >= 4 is 22.8 Å². The van der Waals surface area contributed by atoms with Crippen LogP contribution in [-0.4, -0.2) is 20.7 Å². The van der Waals surface area contributed by atoms with Gasteiger partial charge in [0.25, 0.3) is 5.69 Å². The van der Waals surface area contributed by atoms with Gasteiger partial charge in [-0.05, 0) is 24.6 Å². The number of hydrogen-bond donors (Lipinski definition) is 2. The minimum absolute atomic E-state index is 0.0203. The quantitative estimate of drug-likeness (QED) is 0.474. The molecular weight excluding hydrogens is 316 g/mol. The van der Waals surface area contributed by atoms with Crippen LogP contribution in [-0.2, 0) is 0 Å². The molecule has 0 saturated heterocycles. The molecule has 0 unspecified atom stereocenters. The monoisotopic (exact) mass is 330 g/mol. The van der Waals surface area contributed by atoms with E-state index in [1.807, 2.05) is 6.92 Å².